The Morgan fingerprint density at radius 1 is 1.35 bits per heavy atom. The van der Waals surface area contributed by atoms with Crippen LogP contribution in [0.25, 0.3) is 21.6 Å². The van der Waals surface area contributed by atoms with E-state index in [1.165, 1.54) is 10.5 Å². The number of rotatable bonds is 1. The van der Waals surface area contributed by atoms with Gasteiger partial charge < -0.3 is 5.73 Å². The summed E-state index contributed by atoms with van der Waals surface area (Å²) in [6.45, 7) is 2.04. The van der Waals surface area contributed by atoms with Gasteiger partial charge in [0, 0.05) is 16.8 Å². The van der Waals surface area contributed by atoms with Crippen molar-refractivity contribution in [2.24, 2.45) is 0 Å². The molecule has 3 heterocycles. The molecular formula is C15H14N4S. The van der Waals surface area contributed by atoms with E-state index >= 15 is 0 Å². The van der Waals surface area contributed by atoms with E-state index in [1.807, 2.05) is 13.1 Å². The average molecular weight is 282 g/mol. The van der Waals surface area contributed by atoms with Gasteiger partial charge in [0.1, 0.15) is 10.3 Å². The Morgan fingerprint density at radius 3 is 3.05 bits per heavy atom. The molecule has 0 bridgehead atoms. The van der Waals surface area contributed by atoms with Crippen LogP contribution in [-0.4, -0.2) is 14.4 Å². The first kappa shape index (κ1) is 11.7. The van der Waals surface area contributed by atoms with Crippen LogP contribution in [0.2, 0.25) is 0 Å². The highest BCUT2D eigenvalue weighted by Crippen LogP contribution is 2.33. The summed E-state index contributed by atoms with van der Waals surface area (Å²) in [6.07, 6.45) is 10.8. The van der Waals surface area contributed by atoms with Crippen LogP contribution in [0.1, 0.15) is 23.4 Å². The molecule has 0 unspecified atom stereocenters. The van der Waals surface area contributed by atoms with Gasteiger partial charge in [-0.15, -0.1) is 11.3 Å². The van der Waals surface area contributed by atoms with E-state index in [-0.39, 0.29) is 0 Å². The van der Waals surface area contributed by atoms with E-state index in [0.29, 0.717) is 5.82 Å². The van der Waals surface area contributed by atoms with E-state index in [1.54, 1.807) is 11.3 Å². The van der Waals surface area contributed by atoms with Gasteiger partial charge in [0.15, 0.2) is 11.5 Å². The number of thiophene rings is 1. The number of anilines is 1. The number of aromatic nitrogens is 3. The third kappa shape index (κ3) is 1.59. The minimum atomic E-state index is 0.489. The number of nitrogens with two attached hydrogens (primary N) is 1. The normalized spacial score (nSPS) is 15.2. The summed E-state index contributed by atoms with van der Waals surface area (Å²) in [4.78, 5) is 11.2. The molecule has 2 N–H and O–H groups in total. The fourth-order valence-corrected chi connectivity index (χ4v) is 3.78. The predicted octanol–water partition coefficient (Wildman–Crippen LogP) is 3.57. The minimum absolute atomic E-state index is 0.489. The lowest BCUT2D eigenvalue weighted by Gasteiger charge is -2.03. The van der Waals surface area contributed by atoms with Gasteiger partial charge in [0.2, 0.25) is 0 Å². The Labute approximate surface area is 120 Å². The van der Waals surface area contributed by atoms with Crippen molar-refractivity contribution in [3.8, 4) is 0 Å². The number of imidazole rings is 1. The summed E-state index contributed by atoms with van der Waals surface area (Å²) in [5.74, 6) is 0.489. The standard InChI is InChI=1S/C15H14N4S/c1-9-8-17-14-13(16)18-11-7-12(20-15(11)19(9)14)10-5-3-2-4-6-10/h3,5-8H,2,4H2,1H3,(H2,16,18). The smallest absolute Gasteiger partial charge is 0.181 e. The fourth-order valence-electron chi connectivity index (χ4n) is 2.60. The molecule has 3 aromatic heterocycles. The van der Waals surface area contributed by atoms with Crippen molar-refractivity contribution in [3.05, 3.63) is 41.1 Å². The Kier molecular flexibility index (Phi) is 2.44. The van der Waals surface area contributed by atoms with Crippen LogP contribution >= 0.6 is 11.3 Å². The van der Waals surface area contributed by atoms with E-state index < -0.39 is 0 Å². The largest absolute Gasteiger partial charge is 0.381 e. The number of hydrogen-bond donors (Lipinski definition) is 1. The van der Waals surface area contributed by atoms with Crippen LogP contribution in [0, 0.1) is 6.92 Å². The number of hydrogen-bond acceptors (Lipinski definition) is 4. The zero-order valence-corrected chi connectivity index (χ0v) is 11.9. The first-order valence-electron chi connectivity index (χ1n) is 6.64. The molecule has 0 atom stereocenters. The lowest BCUT2D eigenvalue weighted by atomic mass is 10.1. The van der Waals surface area contributed by atoms with Crippen LogP contribution in [0.15, 0.2) is 30.5 Å². The lowest BCUT2D eigenvalue weighted by molar-refractivity contribution is 1.04. The monoisotopic (exact) mass is 282 g/mol. The Morgan fingerprint density at radius 2 is 2.25 bits per heavy atom. The molecule has 1 aliphatic rings. The van der Waals surface area contributed by atoms with Crippen molar-refractivity contribution in [2.75, 3.05) is 5.73 Å². The highest BCUT2D eigenvalue weighted by molar-refractivity contribution is 7.19. The molecule has 4 nitrogen and oxygen atoms in total. The van der Waals surface area contributed by atoms with Crippen LogP contribution in [-0.2, 0) is 0 Å². The van der Waals surface area contributed by atoms with Gasteiger partial charge in [-0.1, -0.05) is 18.2 Å². The third-order valence-electron chi connectivity index (χ3n) is 3.58. The summed E-state index contributed by atoms with van der Waals surface area (Å²) in [7, 11) is 0. The molecule has 0 aliphatic heterocycles. The van der Waals surface area contributed by atoms with Crippen molar-refractivity contribution in [3.63, 3.8) is 0 Å². The molecule has 0 amide bonds. The fraction of sp³-hybridized carbons (Fsp3) is 0.200. The number of fused-ring (bicyclic) bond motifs is 3. The molecule has 0 saturated heterocycles. The van der Waals surface area contributed by atoms with Crippen molar-refractivity contribution in [1.82, 2.24) is 14.4 Å². The van der Waals surface area contributed by atoms with E-state index in [4.69, 9.17) is 5.73 Å². The summed E-state index contributed by atoms with van der Waals surface area (Å²) in [6, 6.07) is 2.12. The minimum Gasteiger partial charge on any atom is -0.381 e. The van der Waals surface area contributed by atoms with Gasteiger partial charge in [0.05, 0.1) is 0 Å². The summed E-state index contributed by atoms with van der Waals surface area (Å²) in [5.41, 5.74) is 10.1. The molecule has 20 heavy (non-hydrogen) atoms. The van der Waals surface area contributed by atoms with Gasteiger partial charge in [-0.2, -0.15) is 0 Å². The van der Waals surface area contributed by atoms with Crippen molar-refractivity contribution in [1.29, 1.82) is 0 Å². The third-order valence-corrected chi connectivity index (χ3v) is 4.74. The number of nitrogens with zero attached hydrogens (tertiary/aromatic N) is 3. The highest BCUT2D eigenvalue weighted by Gasteiger charge is 2.14. The molecule has 0 aromatic carbocycles. The quantitative estimate of drug-likeness (QED) is 0.742. The highest BCUT2D eigenvalue weighted by atomic mass is 32.1. The van der Waals surface area contributed by atoms with E-state index in [2.05, 4.69) is 38.7 Å². The molecule has 0 saturated carbocycles. The second-order valence-electron chi connectivity index (χ2n) is 5.00. The van der Waals surface area contributed by atoms with Crippen molar-refractivity contribution in [2.45, 2.75) is 19.8 Å². The number of allylic oxidation sites excluding steroid dienone is 4. The topological polar surface area (TPSA) is 56.2 Å². The summed E-state index contributed by atoms with van der Waals surface area (Å²) in [5, 5.41) is 0. The Balaban J connectivity index is 2.03. The number of aryl methyl sites for hydroxylation is 1. The SMILES string of the molecule is Cc1cnc2c(N)nc3cc(C4=CCCC=C4)sc3n12. The van der Waals surface area contributed by atoms with Gasteiger partial charge in [-0.05, 0) is 31.4 Å². The molecule has 4 rings (SSSR count). The average Bonchev–Trinajstić information content (AvgIpc) is 3.04. The molecule has 0 spiro atoms. The summed E-state index contributed by atoms with van der Waals surface area (Å²) >= 11 is 1.75. The Bertz CT molecular complexity index is 882. The molecule has 3 aromatic rings. The van der Waals surface area contributed by atoms with Crippen LogP contribution < -0.4 is 5.73 Å². The maximum atomic E-state index is 6.00. The van der Waals surface area contributed by atoms with E-state index in [9.17, 15) is 0 Å². The van der Waals surface area contributed by atoms with Crippen molar-refractivity contribution >= 4 is 38.7 Å². The van der Waals surface area contributed by atoms with Crippen molar-refractivity contribution < 1.29 is 0 Å². The predicted molar refractivity (Wildman–Crippen MR) is 83.9 cm³/mol. The van der Waals surface area contributed by atoms with Gasteiger partial charge in [-0.25, -0.2) is 9.97 Å². The van der Waals surface area contributed by atoms with Gasteiger partial charge >= 0.3 is 0 Å². The first-order valence-corrected chi connectivity index (χ1v) is 7.46. The number of nitrogen functional groups attached to an aromatic ring is 1. The van der Waals surface area contributed by atoms with Crippen LogP contribution in [0.4, 0.5) is 5.82 Å². The second-order valence-corrected chi connectivity index (χ2v) is 6.03. The zero-order chi connectivity index (χ0) is 13.7. The second kappa shape index (κ2) is 4.18. The van der Waals surface area contributed by atoms with Crippen LogP contribution in [0.5, 0.6) is 0 Å². The molecular weight excluding hydrogens is 268 g/mol. The first-order chi connectivity index (χ1) is 9.74. The molecule has 0 fully saturated rings. The molecule has 100 valence electrons. The molecule has 5 heteroatoms. The van der Waals surface area contributed by atoms with Crippen LogP contribution in [0.3, 0.4) is 0 Å². The molecule has 1 aliphatic carbocycles. The summed E-state index contributed by atoms with van der Waals surface area (Å²) < 4.78 is 2.10. The maximum Gasteiger partial charge on any atom is 0.181 e. The Hall–Kier alpha value is -2.14. The molecule has 0 radical (unpaired) electrons. The zero-order valence-electron chi connectivity index (χ0n) is 11.1. The maximum absolute atomic E-state index is 6.00. The van der Waals surface area contributed by atoms with E-state index in [0.717, 1.165) is 34.5 Å². The van der Waals surface area contributed by atoms with Gasteiger partial charge in [-0.3, -0.25) is 4.40 Å². The van der Waals surface area contributed by atoms with Gasteiger partial charge in [0.25, 0.3) is 0 Å². The lowest BCUT2D eigenvalue weighted by Crippen LogP contribution is -1.97.